The molecular weight excluding hydrogens is 334 g/mol. The molecule has 0 spiro atoms. The minimum atomic E-state index is 0.0399. The summed E-state index contributed by atoms with van der Waals surface area (Å²) in [4.78, 5) is 0. The first-order chi connectivity index (χ1) is 11.8. The van der Waals surface area contributed by atoms with Crippen LogP contribution in [0.3, 0.4) is 0 Å². The second-order valence-corrected chi connectivity index (χ2v) is 7.56. The van der Waals surface area contributed by atoms with Crippen LogP contribution in [0.1, 0.15) is 44.4 Å². The highest BCUT2D eigenvalue weighted by Crippen LogP contribution is 2.37. The lowest BCUT2D eigenvalue weighted by Gasteiger charge is -2.21. The van der Waals surface area contributed by atoms with E-state index in [1.807, 2.05) is 31.2 Å². The lowest BCUT2D eigenvalue weighted by Crippen LogP contribution is -2.35. The zero-order chi connectivity index (χ0) is 18.4. The summed E-state index contributed by atoms with van der Waals surface area (Å²) in [5.74, 6) is 1.29. The summed E-state index contributed by atoms with van der Waals surface area (Å²) < 4.78 is 11.8. The third-order valence-corrected chi connectivity index (χ3v) is 4.11. The fourth-order valence-electron chi connectivity index (χ4n) is 2.42. The molecule has 0 atom stereocenters. The molecule has 25 heavy (non-hydrogen) atoms. The van der Waals surface area contributed by atoms with Gasteiger partial charge in [0.05, 0.1) is 11.6 Å². The first kappa shape index (κ1) is 19.6. The van der Waals surface area contributed by atoms with Gasteiger partial charge in [0.2, 0.25) is 0 Å². The third kappa shape index (κ3) is 5.94. The number of halogens is 1. The van der Waals surface area contributed by atoms with Crippen molar-refractivity contribution in [1.82, 2.24) is 5.32 Å². The van der Waals surface area contributed by atoms with Gasteiger partial charge in [0.25, 0.3) is 0 Å². The third-order valence-electron chi connectivity index (χ3n) is 3.83. The van der Waals surface area contributed by atoms with Gasteiger partial charge in [-0.1, -0.05) is 35.9 Å². The minimum absolute atomic E-state index is 0.0399. The van der Waals surface area contributed by atoms with Crippen molar-refractivity contribution in [2.24, 2.45) is 0 Å². The Labute approximate surface area is 156 Å². The number of aryl methyl sites for hydroxylation is 1. The summed E-state index contributed by atoms with van der Waals surface area (Å²) in [5.41, 5.74) is 3.45. The van der Waals surface area contributed by atoms with Crippen LogP contribution in [0.4, 0.5) is 0 Å². The molecule has 0 amide bonds. The van der Waals surface area contributed by atoms with Gasteiger partial charge in [0.1, 0.15) is 6.61 Å². The minimum Gasteiger partial charge on any atom is -0.490 e. The van der Waals surface area contributed by atoms with Crippen molar-refractivity contribution >= 4 is 11.6 Å². The molecule has 2 rings (SSSR count). The van der Waals surface area contributed by atoms with Crippen LogP contribution in [-0.4, -0.2) is 12.1 Å². The molecule has 0 fully saturated rings. The van der Waals surface area contributed by atoms with E-state index in [0.29, 0.717) is 29.7 Å². The van der Waals surface area contributed by atoms with Crippen molar-refractivity contribution in [3.63, 3.8) is 0 Å². The molecule has 0 aliphatic heterocycles. The monoisotopic (exact) mass is 361 g/mol. The van der Waals surface area contributed by atoms with E-state index in [1.54, 1.807) is 0 Å². The second kappa shape index (κ2) is 8.59. The SMILES string of the molecule is CCOc1cc(CNC(C)(C)C)cc(Cl)c1OCc1ccccc1C. The molecule has 0 saturated heterocycles. The lowest BCUT2D eigenvalue weighted by molar-refractivity contribution is 0.268. The summed E-state index contributed by atoms with van der Waals surface area (Å²) >= 11 is 6.49. The van der Waals surface area contributed by atoms with E-state index >= 15 is 0 Å². The van der Waals surface area contributed by atoms with Gasteiger partial charge in [0.15, 0.2) is 11.5 Å². The number of nitrogens with one attached hydrogen (secondary N) is 1. The Balaban J connectivity index is 2.20. The molecule has 1 N–H and O–H groups in total. The maximum absolute atomic E-state index is 6.49. The van der Waals surface area contributed by atoms with Gasteiger partial charge >= 0.3 is 0 Å². The fourth-order valence-corrected chi connectivity index (χ4v) is 2.70. The van der Waals surface area contributed by atoms with Crippen molar-refractivity contribution in [1.29, 1.82) is 0 Å². The number of rotatable bonds is 7. The summed E-state index contributed by atoms with van der Waals surface area (Å²) in [6.45, 7) is 12.2. The molecule has 0 aromatic heterocycles. The highest BCUT2D eigenvalue weighted by molar-refractivity contribution is 6.32. The summed E-state index contributed by atoms with van der Waals surface area (Å²) in [5, 5.41) is 4.04. The van der Waals surface area contributed by atoms with Gasteiger partial charge in [-0.05, 0) is 63.4 Å². The molecule has 0 aliphatic carbocycles. The Kier molecular flexibility index (Phi) is 6.74. The molecule has 0 bridgehead atoms. The van der Waals surface area contributed by atoms with Crippen LogP contribution in [0.15, 0.2) is 36.4 Å². The molecule has 136 valence electrons. The smallest absolute Gasteiger partial charge is 0.180 e. The van der Waals surface area contributed by atoms with Gasteiger partial charge in [-0.2, -0.15) is 0 Å². The largest absolute Gasteiger partial charge is 0.490 e. The highest BCUT2D eigenvalue weighted by Gasteiger charge is 2.15. The average Bonchev–Trinajstić information content (AvgIpc) is 2.53. The van der Waals surface area contributed by atoms with Gasteiger partial charge in [-0.25, -0.2) is 0 Å². The Morgan fingerprint density at radius 1 is 1.08 bits per heavy atom. The highest BCUT2D eigenvalue weighted by atomic mass is 35.5. The van der Waals surface area contributed by atoms with Crippen LogP contribution < -0.4 is 14.8 Å². The predicted octanol–water partition coefficient (Wildman–Crippen LogP) is 5.51. The Morgan fingerprint density at radius 2 is 1.80 bits per heavy atom. The van der Waals surface area contributed by atoms with Crippen molar-refractivity contribution in [2.75, 3.05) is 6.61 Å². The summed E-state index contributed by atoms with van der Waals surface area (Å²) in [6.07, 6.45) is 0. The summed E-state index contributed by atoms with van der Waals surface area (Å²) in [6, 6.07) is 12.1. The molecule has 0 heterocycles. The van der Waals surface area contributed by atoms with Crippen LogP contribution in [-0.2, 0) is 13.2 Å². The fraction of sp³-hybridized carbons (Fsp3) is 0.429. The van der Waals surface area contributed by atoms with Crippen molar-refractivity contribution in [2.45, 2.75) is 53.3 Å². The van der Waals surface area contributed by atoms with Crippen LogP contribution in [0.2, 0.25) is 5.02 Å². The van der Waals surface area contributed by atoms with Crippen molar-refractivity contribution in [3.05, 3.63) is 58.1 Å². The van der Waals surface area contributed by atoms with Gasteiger partial charge < -0.3 is 14.8 Å². The van der Waals surface area contributed by atoms with Crippen LogP contribution in [0.25, 0.3) is 0 Å². The topological polar surface area (TPSA) is 30.5 Å². The van der Waals surface area contributed by atoms with Crippen LogP contribution >= 0.6 is 11.6 Å². The normalized spacial score (nSPS) is 11.4. The molecule has 3 nitrogen and oxygen atoms in total. The van der Waals surface area contributed by atoms with E-state index in [0.717, 1.165) is 17.7 Å². The van der Waals surface area contributed by atoms with E-state index in [1.165, 1.54) is 5.56 Å². The maximum Gasteiger partial charge on any atom is 0.180 e. The van der Waals surface area contributed by atoms with E-state index in [2.05, 4.69) is 45.1 Å². The Bertz CT molecular complexity index is 708. The predicted molar refractivity (Wildman–Crippen MR) is 105 cm³/mol. The van der Waals surface area contributed by atoms with Crippen LogP contribution in [0.5, 0.6) is 11.5 Å². The van der Waals surface area contributed by atoms with E-state index in [9.17, 15) is 0 Å². The summed E-state index contributed by atoms with van der Waals surface area (Å²) in [7, 11) is 0. The first-order valence-corrected chi connectivity index (χ1v) is 9.05. The zero-order valence-electron chi connectivity index (χ0n) is 15.8. The molecule has 0 aliphatic rings. The molecule has 2 aromatic carbocycles. The van der Waals surface area contributed by atoms with Crippen molar-refractivity contribution in [3.8, 4) is 11.5 Å². The van der Waals surface area contributed by atoms with E-state index in [4.69, 9.17) is 21.1 Å². The van der Waals surface area contributed by atoms with Crippen LogP contribution in [0, 0.1) is 6.92 Å². The second-order valence-electron chi connectivity index (χ2n) is 7.16. The van der Waals surface area contributed by atoms with Gasteiger partial charge in [0, 0.05) is 12.1 Å². The zero-order valence-corrected chi connectivity index (χ0v) is 16.5. The van der Waals surface area contributed by atoms with Gasteiger partial charge in [-0.3, -0.25) is 0 Å². The molecule has 0 unspecified atom stereocenters. The van der Waals surface area contributed by atoms with Crippen molar-refractivity contribution < 1.29 is 9.47 Å². The number of hydrogen-bond acceptors (Lipinski definition) is 3. The average molecular weight is 362 g/mol. The van der Waals surface area contributed by atoms with Gasteiger partial charge in [-0.15, -0.1) is 0 Å². The molecule has 2 aromatic rings. The van der Waals surface area contributed by atoms with E-state index in [-0.39, 0.29) is 5.54 Å². The molecule has 0 radical (unpaired) electrons. The Hall–Kier alpha value is -1.71. The molecular formula is C21H28ClNO2. The number of ether oxygens (including phenoxy) is 2. The Morgan fingerprint density at radius 3 is 2.44 bits per heavy atom. The lowest BCUT2D eigenvalue weighted by atomic mass is 10.1. The standard InChI is InChI=1S/C21H28ClNO2/c1-6-24-19-12-16(13-23-21(3,4)5)11-18(22)20(19)25-14-17-10-8-7-9-15(17)2/h7-12,23H,6,13-14H2,1-5H3. The molecule has 0 saturated carbocycles. The number of benzene rings is 2. The maximum atomic E-state index is 6.49. The molecule has 4 heteroatoms. The first-order valence-electron chi connectivity index (χ1n) is 8.67. The van der Waals surface area contributed by atoms with E-state index < -0.39 is 0 Å². The quantitative estimate of drug-likeness (QED) is 0.704. The number of hydrogen-bond donors (Lipinski definition) is 1.